The molecule has 4 heterocycles. The molecule has 356 valence electrons. The number of carboxylic acids is 1. The van der Waals surface area contributed by atoms with E-state index in [2.05, 4.69) is 16.0 Å². The summed E-state index contributed by atoms with van der Waals surface area (Å²) in [7, 11) is 1.06. The molecule has 25 heteroatoms. The number of nitrogens with one attached hydrogen (secondary N) is 3. The summed E-state index contributed by atoms with van der Waals surface area (Å²) in [5.74, 6) is -3.99. The van der Waals surface area contributed by atoms with Gasteiger partial charge in [-0.05, 0) is 31.0 Å². The molecule has 20 atom stereocenters. The Bertz CT molecular complexity index is 1700. The van der Waals surface area contributed by atoms with Crippen molar-refractivity contribution in [2.75, 3.05) is 26.9 Å². The van der Waals surface area contributed by atoms with Crippen LogP contribution in [-0.2, 0) is 63.5 Å². The van der Waals surface area contributed by atoms with Crippen molar-refractivity contribution in [3.63, 3.8) is 0 Å². The number of aromatic hydroxyl groups is 1. The zero-order valence-electron chi connectivity index (χ0n) is 34.6. The maximum Gasteiger partial charge on any atom is 0.335 e. The SMILES string of the molecule is COC1C(C(=O)O)OC(OC2C(O)C(CO)OC(OC3C(C(=O)NCCc4ccc(O)cc4)OC(OC4C(O)C(CO)OC(C)C4NC(C)=O)C(O)C3O)C2NC(C)=O)C(O)C1O. The highest BCUT2D eigenvalue weighted by Crippen LogP contribution is 2.35. The Balaban J connectivity index is 1.47. The van der Waals surface area contributed by atoms with E-state index in [1.54, 1.807) is 12.1 Å². The molecule has 0 radical (unpaired) electrons. The molecule has 5 rings (SSSR count). The molecule has 13 N–H and O–H groups in total. The number of aliphatic hydroxyl groups is 8. The number of hydrogen-bond donors (Lipinski definition) is 13. The number of rotatable bonds is 16. The second-order valence-electron chi connectivity index (χ2n) is 15.6. The highest BCUT2D eigenvalue weighted by atomic mass is 16.8. The van der Waals surface area contributed by atoms with Crippen LogP contribution in [0.15, 0.2) is 24.3 Å². The van der Waals surface area contributed by atoms with Gasteiger partial charge in [0.2, 0.25) is 11.8 Å². The number of aliphatic carboxylic acids is 1. The lowest BCUT2D eigenvalue weighted by Gasteiger charge is -2.50. The second kappa shape index (κ2) is 22.0. The average molecular weight is 908 g/mol. The summed E-state index contributed by atoms with van der Waals surface area (Å²) in [6, 6.07) is 3.22. The predicted molar refractivity (Wildman–Crippen MR) is 204 cm³/mol. The fraction of sp³-hybridized carbons (Fsp3) is 0.737. The van der Waals surface area contributed by atoms with Gasteiger partial charge in [0.25, 0.3) is 5.91 Å². The predicted octanol–water partition coefficient (Wildman–Crippen LogP) is -6.57. The van der Waals surface area contributed by atoms with Gasteiger partial charge in [0.15, 0.2) is 31.1 Å². The quantitative estimate of drug-likeness (QED) is 0.0733. The van der Waals surface area contributed by atoms with Crippen molar-refractivity contribution in [3.05, 3.63) is 29.8 Å². The molecule has 20 unspecified atom stereocenters. The van der Waals surface area contributed by atoms with Gasteiger partial charge in [-0.25, -0.2) is 4.79 Å². The highest BCUT2D eigenvalue weighted by molar-refractivity contribution is 5.81. The van der Waals surface area contributed by atoms with E-state index in [-0.39, 0.29) is 18.7 Å². The van der Waals surface area contributed by atoms with Crippen LogP contribution in [0.4, 0.5) is 0 Å². The van der Waals surface area contributed by atoms with Gasteiger partial charge >= 0.3 is 5.97 Å². The van der Waals surface area contributed by atoms with Crippen molar-refractivity contribution in [3.8, 4) is 5.75 Å². The van der Waals surface area contributed by atoms with Gasteiger partial charge in [-0.15, -0.1) is 0 Å². The third-order valence-electron chi connectivity index (χ3n) is 11.1. The molecule has 0 bridgehead atoms. The fourth-order valence-electron chi connectivity index (χ4n) is 7.90. The Morgan fingerprint density at radius 1 is 0.635 bits per heavy atom. The first kappa shape index (κ1) is 50.3. The molecule has 25 nitrogen and oxygen atoms in total. The largest absolute Gasteiger partial charge is 0.508 e. The number of aliphatic hydroxyl groups excluding tert-OH is 8. The average Bonchev–Trinajstić information content (AvgIpc) is 3.23. The lowest BCUT2D eigenvalue weighted by Crippen LogP contribution is -2.71. The molecular formula is C38H57N3O22. The van der Waals surface area contributed by atoms with Crippen LogP contribution >= 0.6 is 0 Å². The van der Waals surface area contributed by atoms with Crippen molar-refractivity contribution in [1.29, 1.82) is 0 Å². The number of carbonyl (C=O) groups is 4. The topological polar surface area (TPSA) is 381 Å². The van der Waals surface area contributed by atoms with Gasteiger partial charge in [0.05, 0.1) is 25.4 Å². The number of phenols is 1. The van der Waals surface area contributed by atoms with Gasteiger partial charge in [0.1, 0.15) is 85.0 Å². The van der Waals surface area contributed by atoms with Gasteiger partial charge in [-0.2, -0.15) is 0 Å². The molecule has 1 aromatic carbocycles. The van der Waals surface area contributed by atoms with Crippen molar-refractivity contribution < 1.29 is 108 Å². The number of phenolic OH excluding ortho intramolecular Hbond substituents is 1. The Morgan fingerprint density at radius 3 is 1.65 bits per heavy atom. The molecular weight excluding hydrogens is 850 g/mol. The first-order valence-electron chi connectivity index (χ1n) is 20.0. The Hall–Kier alpha value is -3.74. The van der Waals surface area contributed by atoms with E-state index in [0.29, 0.717) is 5.56 Å². The maximum atomic E-state index is 14.1. The molecule has 4 aliphatic heterocycles. The summed E-state index contributed by atoms with van der Waals surface area (Å²) in [6.07, 6.45) is -32.1. The smallest absolute Gasteiger partial charge is 0.335 e. The summed E-state index contributed by atoms with van der Waals surface area (Å²) >= 11 is 0. The minimum Gasteiger partial charge on any atom is -0.508 e. The van der Waals surface area contributed by atoms with Crippen LogP contribution in [0.25, 0.3) is 0 Å². The zero-order chi connectivity index (χ0) is 46.4. The molecule has 0 saturated carbocycles. The first-order valence-corrected chi connectivity index (χ1v) is 20.0. The van der Waals surface area contributed by atoms with Crippen molar-refractivity contribution >= 4 is 23.7 Å². The van der Waals surface area contributed by atoms with E-state index in [1.165, 1.54) is 26.0 Å². The number of methoxy groups -OCH3 is 1. The highest BCUT2D eigenvalue weighted by Gasteiger charge is 2.57. The maximum absolute atomic E-state index is 14.1. The number of hydrogen-bond acceptors (Lipinski definition) is 21. The van der Waals surface area contributed by atoms with E-state index in [4.69, 9.17) is 37.9 Å². The van der Waals surface area contributed by atoms with Crippen molar-refractivity contribution in [2.45, 2.75) is 150 Å². The minimum absolute atomic E-state index is 0.00220. The third-order valence-corrected chi connectivity index (χ3v) is 11.1. The molecule has 3 amide bonds. The molecule has 4 fully saturated rings. The number of benzene rings is 1. The summed E-state index contributed by atoms with van der Waals surface area (Å²) in [5, 5.41) is 115. The molecule has 4 aliphatic rings. The molecule has 4 saturated heterocycles. The van der Waals surface area contributed by atoms with Crippen LogP contribution in [0.3, 0.4) is 0 Å². The van der Waals surface area contributed by atoms with Crippen LogP contribution < -0.4 is 16.0 Å². The van der Waals surface area contributed by atoms with E-state index in [9.17, 15) is 70.2 Å². The Kier molecular flexibility index (Phi) is 17.5. The summed E-state index contributed by atoms with van der Waals surface area (Å²) in [4.78, 5) is 50.9. The van der Waals surface area contributed by atoms with Gasteiger partial charge in [-0.1, -0.05) is 12.1 Å². The monoisotopic (exact) mass is 907 g/mol. The van der Waals surface area contributed by atoms with E-state index in [0.717, 1.165) is 14.0 Å². The zero-order valence-corrected chi connectivity index (χ0v) is 34.6. The lowest BCUT2D eigenvalue weighted by atomic mass is 9.92. The number of ether oxygens (including phenoxy) is 8. The first-order chi connectivity index (χ1) is 29.8. The van der Waals surface area contributed by atoms with Gasteiger partial charge in [0, 0.05) is 27.5 Å². The fourth-order valence-corrected chi connectivity index (χ4v) is 7.90. The Labute approximate surface area is 359 Å². The van der Waals surface area contributed by atoms with Crippen LogP contribution in [0.2, 0.25) is 0 Å². The molecule has 0 aliphatic carbocycles. The molecule has 1 aromatic rings. The number of carboxylic acid groups (broad SMARTS) is 1. The molecule has 0 aromatic heterocycles. The molecule has 0 spiro atoms. The second-order valence-corrected chi connectivity index (χ2v) is 15.6. The van der Waals surface area contributed by atoms with Crippen LogP contribution in [0, 0.1) is 0 Å². The van der Waals surface area contributed by atoms with Crippen LogP contribution in [0.5, 0.6) is 5.75 Å². The van der Waals surface area contributed by atoms with Crippen LogP contribution in [0.1, 0.15) is 26.3 Å². The van der Waals surface area contributed by atoms with Crippen LogP contribution in [-0.4, -0.2) is 224 Å². The summed E-state index contributed by atoms with van der Waals surface area (Å²) in [6.45, 7) is 2.00. The van der Waals surface area contributed by atoms with Crippen molar-refractivity contribution in [2.24, 2.45) is 0 Å². The standard InChI is InChI=1S/C38H57N3O22/c1-13-20(40-14(2)44)28(22(47)18(11-42)57-13)59-37-27(52)25(50)31(32(62-37)34(53)39-10-9-16-5-7-17(46)8-6-16)61-36-21(41-15(3)45)29(23(48)19(12-43)58-36)60-38-26(51)24(49)30(56-4)33(63-38)35(54)55/h5-8,13,18-33,36-38,42-43,46-52H,9-12H2,1-4H3,(H,39,53)(H,40,44)(H,41,45)(H,54,55). The van der Waals surface area contributed by atoms with Gasteiger partial charge in [-0.3, -0.25) is 14.4 Å². The minimum atomic E-state index is -2.17. The van der Waals surface area contributed by atoms with Crippen molar-refractivity contribution in [1.82, 2.24) is 16.0 Å². The van der Waals surface area contributed by atoms with E-state index >= 15 is 0 Å². The Morgan fingerprint density at radius 2 is 1.13 bits per heavy atom. The lowest BCUT2D eigenvalue weighted by molar-refractivity contribution is -0.365. The number of amides is 3. The summed E-state index contributed by atoms with van der Waals surface area (Å²) in [5.41, 5.74) is 0.688. The number of carbonyl (C=O) groups excluding carboxylic acids is 3. The summed E-state index contributed by atoms with van der Waals surface area (Å²) < 4.78 is 45.8. The van der Waals surface area contributed by atoms with E-state index < -0.39 is 159 Å². The molecule has 63 heavy (non-hydrogen) atoms. The normalized spacial score (nSPS) is 40.7. The third kappa shape index (κ3) is 11.6. The van der Waals surface area contributed by atoms with Gasteiger partial charge < -0.3 is 105 Å². The van der Waals surface area contributed by atoms with E-state index in [1.807, 2.05) is 0 Å².